The molecule has 2 aromatic rings. The SMILES string of the molecule is O=C(Nc1cccc(CNC(=O)[C@@H]2Cc3cc(Cl)ccc3O2)c1)C1CC1. The molecule has 134 valence electrons. The van der Waals surface area contributed by atoms with Crippen LogP contribution in [-0.2, 0) is 22.6 Å². The molecule has 1 saturated carbocycles. The smallest absolute Gasteiger partial charge is 0.261 e. The maximum Gasteiger partial charge on any atom is 0.261 e. The van der Waals surface area contributed by atoms with Crippen LogP contribution in [0.1, 0.15) is 24.0 Å². The van der Waals surface area contributed by atoms with Crippen molar-refractivity contribution in [3.8, 4) is 5.75 Å². The van der Waals surface area contributed by atoms with E-state index < -0.39 is 6.10 Å². The zero-order valence-corrected chi connectivity index (χ0v) is 14.9. The monoisotopic (exact) mass is 370 g/mol. The molecule has 2 amide bonds. The van der Waals surface area contributed by atoms with Gasteiger partial charge in [0.2, 0.25) is 5.91 Å². The summed E-state index contributed by atoms with van der Waals surface area (Å²) >= 11 is 5.98. The summed E-state index contributed by atoms with van der Waals surface area (Å²) in [4.78, 5) is 24.2. The fourth-order valence-electron chi connectivity index (χ4n) is 3.02. The number of anilines is 1. The van der Waals surface area contributed by atoms with Gasteiger partial charge in [0.25, 0.3) is 5.91 Å². The Balaban J connectivity index is 1.33. The van der Waals surface area contributed by atoms with Crippen molar-refractivity contribution in [2.45, 2.75) is 31.9 Å². The van der Waals surface area contributed by atoms with Gasteiger partial charge < -0.3 is 15.4 Å². The van der Waals surface area contributed by atoms with Gasteiger partial charge in [-0.05, 0) is 54.3 Å². The third-order valence-electron chi connectivity index (χ3n) is 4.60. The van der Waals surface area contributed by atoms with E-state index in [2.05, 4.69) is 10.6 Å². The van der Waals surface area contributed by atoms with Crippen LogP contribution in [0.4, 0.5) is 5.69 Å². The molecule has 6 heteroatoms. The highest BCUT2D eigenvalue weighted by Crippen LogP contribution is 2.31. The van der Waals surface area contributed by atoms with Crippen molar-refractivity contribution in [1.82, 2.24) is 5.32 Å². The quantitative estimate of drug-likeness (QED) is 0.848. The minimum absolute atomic E-state index is 0.0713. The first-order valence-electron chi connectivity index (χ1n) is 8.71. The van der Waals surface area contributed by atoms with Gasteiger partial charge in [-0.1, -0.05) is 23.7 Å². The Bertz CT molecular complexity index is 864. The lowest BCUT2D eigenvalue weighted by atomic mass is 10.1. The highest BCUT2D eigenvalue weighted by atomic mass is 35.5. The summed E-state index contributed by atoms with van der Waals surface area (Å²) in [7, 11) is 0. The number of rotatable bonds is 5. The van der Waals surface area contributed by atoms with Gasteiger partial charge in [-0.3, -0.25) is 9.59 Å². The second-order valence-electron chi connectivity index (χ2n) is 6.74. The Labute approximate surface area is 156 Å². The minimum atomic E-state index is -0.541. The fourth-order valence-corrected chi connectivity index (χ4v) is 3.21. The number of nitrogens with one attached hydrogen (secondary N) is 2. The Hall–Kier alpha value is -2.53. The lowest BCUT2D eigenvalue weighted by Gasteiger charge is -2.12. The van der Waals surface area contributed by atoms with E-state index in [9.17, 15) is 9.59 Å². The molecule has 1 aliphatic heterocycles. The minimum Gasteiger partial charge on any atom is -0.480 e. The molecule has 2 aromatic carbocycles. The molecule has 26 heavy (non-hydrogen) atoms. The van der Waals surface area contributed by atoms with Crippen LogP contribution in [0.3, 0.4) is 0 Å². The lowest BCUT2D eigenvalue weighted by Crippen LogP contribution is -2.37. The van der Waals surface area contributed by atoms with Crippen LogP contribution in [0.2, 0.25) is 5.02 Å². The Morgan fingerprint density at radius 3 is 2.77 bits per heavy atom. The molecule has 1 fully saturated rings. The van der Waals surface area contributed by atoms with Crippen molar-refractivity contribution >= 4 is 29.1 Å². The summed E-state index contributed by atoms with van der Waals surface area (Å²) in [6, 6.07) is 12.9. The molecule has 0 saturated heterocycles. The molecular formula is C20H19ClN2O3. The summed E-state index contributed by atoms with van der Waals surface area (Å²) < 4.78 is 5.69. The number of ether oxygens (including phenoxy) is 1. The standard InChI is InChI=1S/C20H19ClN2O3/c21-15-6-7-17-14(9-15)10-18(26-17)20(25)22-11-12-2-1-3-16(8-12)23-19(24)13-4-5-13/h1-3,6-9,13,18H,4-5,10-11H2,(H,22,25)(H,23,24)/t18-/m0/s1. The second kappa shape index (κ2) is 7.00. The van der Waals surface area contributed by atoms with Crippen LogP contribution in [0.25, 0.3) is 0 Å². The van der Waals surface area contributed by atoms with Crippen LogP contribution in [0.5, 0.6) is 5.75 Å². The van der Waals surface area contributed by atoms with Gasteiger partial charge in [-0.25, -0.2) is 0 Å². The first kappa shape index (κ1) is 16.9. The van der Waals surface area contributed by atoms with E-state index in [-0.39, 0.29) is 17.7 Å². The predicted octanol–water partition coefficient (Wildman–Crippen LogP) is 3.31. The van der Waals surface area contributed by atoms with Crippen molar-refractivity contribution in [1.29, 1.82) is 0 Å². The van der Waals surface area contributed by atoms with E-state index in [4.69, 9.17) is 16.3 Å². The summed E-state index contributed by atoms with van der Waals surface area (Å²) in [5.41, 5.74) is 2.63. The van der Waals surface area contributed by atoms with E-state index in [0.29, 0.717) is 23.7 Å². The molecule has 0 radical (unpaired) electrons. The van der Waals surface area contributed by atoms with E-state index in [1.54, 1.807) is 12.1 Å². The van der Waals surface area contributed by atoms with Crippen LogP contribution >= 0.6 is 11.6 Å². The third kappa shape index (κ3) is 3.83. The molecule has 2 aliphatic rings. The maximum atomic E-state index is 12.4. The number of hydrogen-bond acceptors (Lipinski definition) is 3. The molecular weight excluding hydrogens is 352 g/mol. The number of carbonyl (C=O) groups is 2. The average Bonchev–Trinajstić information content (AvgIpc) is 3.40. The van der Waals surface area contributed by atoms with Crippen molar-refractivity contribution in [2.24, 2.45) is 5.92 Å². The van der Waals surface area contributed by atoms with E-state index in [1.807, 2.05) is 30.3 Å². The van der Waals surface area contributed by atoms with Gasteiger partial charge in [0.1, 0.15) is 5.75 Å². The van der Waals surface area contributed by atoms with E-state index in [1.165, 1.54) is 0 Å². The topological polar surface area (TPSA) is 67.4 Å². The highest BCUT2D eigenvalue weighted by molar-refractivity contribution is 6.30. The molecule has 1 atom stereocenters. The number of hydrogen-bond donors (Lipinski definition) is 2. The number of amides is 2. The first-order valence-corrected chi connectivity index (χ1v) is 9.09. The fraction of sp³-hybridized carbons (Fsp3) is 0.300. The molecule has 0 aromatic heterocycles. The van der Waals surface area contributed by atoms with Crippen LogP contribution < -0.4 is 15.4 Å². The predicted molar refractivity (Wildman–Crippen MR) is 99.2 cm³/mol. The molecule has 4 rings (SSSR count). The summed E-state index contributed by atoms with van der Waals surface area (Å²) in [6.45, 7) is 0.378. The maximum absolute atomic E-state index is 12.4. The summed E-state index contributed by atoms with van der Waals surface area (Å²) in [5, 5.41) is 6.45. The van der Waals surface area contributed by atoms with E-state index >= 15 is 0 Å². The first-order chi connectivity index (χ1) is 12.6. The number of fused-ring (bicyclic) bond motifs is 1. The molecule has 0 unspecified atom stereocenters. The molecule has 5 nitrogen and oxygen atoms in total. The van der Waals surface area contributed by atoms with Crippen molar-refractivity contribution < 1.29 is 14.3 Å². The van der Waals surface area contributed by atoms with Gasteiger partial charge in [-0.15, -0.1) is 0 Å². The van der Waals surface area contributed by atoms with Crippen LogP contribution in [-0.4, -0.2) is 17.9 Å². The second-order valence-corrected chi connectivity index (χ2v) is 7.18. The van der Waals surface area contributed by atoms with E-state index in [0.717, 1.165) is 29.7 Å². The molecule has 0 spiro atoms. The molecule has 1 heterocycles. The van der Waals surface area contributed by atoms with Crippen LogP contribution in [0, 0.1) is 5.92 Å². The highest BCUT2D eigenvalue weighted by Gasteiger charge is 2.30. The third-order valence-corrected chi connectivity index (χ3v) is 4.83. The molecule has 1 aliphatic carbocycles. The van der Waals surface area contributed by atoms with Crippen LogP contribution in [0.15, 0.2) is 42.5 Å². The lowest BCUT2D eigenvalue weighted by molar-refractivity contribution is -0.127. The van der Waals surface area contributed by atoms with Gasteiger partial charge in [-0.2, -0.15) is 0 Å². The van der Waals surface area contributed by atoms with Crippen molar-refractivity contribution in [2.75, 3.05) is 5.32 Å². The Morgan fingerprint density at radius 1 is 1.12 bits per heavy atom. The van der Waals surface area contributed by atoms with Gasteiger partial charge >= 0.3 is 0 Å². The van der Waals surface area contributed by atoms with Gasteiger partial charge in [0.15, 0.2) is 6.10 Å². The molecule has 0 bridgehead atoms. The van der Waals surface area contributed by atoms with Gasteiger partial charge in [0, 0.05) is 29.6 Å². The zero-order valence-electron chi connectivity index (χ0n) is 14.1. The number of benzene rings is 2. The van der Waals surface area contributed by atoms with Crippen molar-refractivity contribution in [3.05, 3.63) is 58.6 Å². The largest absolute Gasteiger partial charge is 0.480 e. The normalized spacial score (nSPS) is 18.0. The number of carbonyl (C=O) groups excluding carboxylic acids is 2. The zero-order chi connectivity index (χ0) is 18.1. The van der Waals surface area contributed by atoms with Crippen molar-refractivity contribution in [3.63, 3.8) is 0 Å². The van der Waals surface area contributed by atoms with Gasteiger partial charge in [0.05, 0.1) is 0 Å². The Kier molecular flexibility index (Phi) is 4.55. The summed E-state index contributed by atoms with van der Waals surface area (Å²) in [5.74, 6) is 0.777. The average molecular weight is 371 g/mol. The number of halogens is 1. The summed E-state index contributed by atoms with van der Waals surface area (Å²) in [6.07, 6.45) is 1.91. The Morgan fingerprint density at radius 2 is 1.96 bits per heavy atom. The molecule has 2 N–H and O–H groups in total.